The standard InChI is InChI=1S/C14H22N2OS/c1-10-9-18-13(15-10)14(16-11-3-4-11)7-5-12(17-2)6-8-14/h9,11-12,16H,3-8H2,1-2H3. The largest absolute Gasteiger partial charge is 0.381 e. The van der Waals surface area contributed by atoms with Gasteiger partial charge in [0, 0.05) is 24.2 Å². The van der Waals surface area contributed by atoms with Gasteiger partial charge in [-0.1, -0.05) is 0 Å². The monoisotopic (exact) mass is 266 g/mol. The maximum Gasteiger partial charge on any atom is 0.113 e. The Kier molecular flexibility index (Phi) is 3.43. The van der Waals surface area contributed by atoms with Crippen molar-refractivity contribution in [3.63, 3.8) is 0 Å². The molecule has 0 radical (unpaired) electrons. The number of ether oxygens (including phenoxy) is 1. The number of hydrogen-bond donors (Lipinski definition) is 1. The van der Waals surface area contributed by atoms with Gasteiger partial charge in [0.25, 0.3) is 0 Å². The second-order valence-electron chi connectivity index (χ2n) is 5.73. The van der Waals surface area contributed by atoms with Crippen LogP contribution >= 0.6 is 11.3 Å². The van der Waals surface area contributed by atoms with Crippen LogP contribution in [-0.2, 0) is 10.3 Å². The van der Waals surface area contributed by atoms with E-state index < -0.39 is 0 Å². The molecule has 0 aromatic carbocycles. The fourth-order valence-corrected chi connectivity index (χ4v) is 3.95. The number of aryl methyl sites for hydroxylation is 1. The average molecular weight is 266 g/mol. The van der Waals surface area contributed by atoms with Gasteiger partial charge in [0.05, 0.1) is 11.6 Å². The molecule has 0 saturated heterocycles. The van der Waals surface area contributed by atoms with Crippen molar-refractivity contribution < 1.29 is 4.74 Å². The summed E-state index contributed by atoms with van der Waals surface area (Å²) in [4.78, 5) is 4.75. The van der Waals surface area contributed by atoms with Crippen LogP contribution in [-0.4, -0.2) is 24.2 Å². The maximum atomic E-state index is 5.50. The number of thiazole rings is 1. The molecule has 1 heterocycles. The Bertz CT molecular complexity index is 406. The Hall–Kier alpha value is -0.450. The van der Waals surface area contributed by atoms with Crippen LogP contribution in [0.2, 0.25) is 0 Å². The van der Waals surface area contributed by atoms with Crippen LogP contribution in [0.15, 0.2) is 5.38 Å². The van der Waals surface area contributed by atoms with Crippen molar-refractivity contribution in [2.75, 3.05) is 7.11 Å². The molecule has 0 aliphatic heterocycles. The zero-order chi connectivity index (χ0) is 12.6. The van der Waals surface area contributed by atoms with Crippen LogP contribution in [0, 0.1) is 6.92 Å². The van der Waals surface area contributed by atoms with Crippen LogP contribution in [0.4, 0.5) is 0 Å². The Morgan fingerprint density at radius 1 is 1.33 bits per heavy atom. The third-order valence-electron chi connectivity index (χ3n) is 4.21. The first-order chi connectivity index (χ1) is 8.72. The van der Waals surface area contributed by atoms with Crippen LogP contribution in [0.5, 0.6) is 0 Å². The van der Waals surface area contributed by atoms with E-state index in [2.05, 4.69) is 17.6 Å². The third-order valence-corrected chi connectivity index (χ3v) is 5.37. The van der Waals surface area contributed by atoms with Gasteiger partial charge in [-0.15, -0.1) is 11.3 Å². The van der Waals surface area contributed by atoms with Crippen LogP contribution < -0.4 is 5.32 Å². The van der Waals surface area contributed by atoms with Crippen molar-refractivity contribution in [1.29, 1.82) is 0 Å². The number of nitrogens with zero attached hydrogens (tertiary/aromatic N) is 1. The molecule has 2 saturated carbocycles. The Morgan fingerprint density at radius 2 is 2.06 bits per heavy atom. The molecule has 1 aromatic rings. The van der Waals surface area contributed by atoms with E-state index in [-0.39, 0.29) is 5.54 Å². The summed E-state index contributed by atoms with van der Waals surface area (Å²) in [6.45, 7) is 2.09. The lowest BCUT2D eigenvalue weighted by molar-refractivity contribution is 0.0397. The highest BCUT2D eigenvalue weighted by molar-refractivity contribution is 7.09. The molecule has 0 amide bonds. The average Bonchev–Trinajstić information content (AvgIpc) is 3.08. The Morgan fingerprint density at radius 3 is 2.56 bits per heavy atom. The summed E-state index contributed by atoms with van der Waals surface area (Å²) < 4.78 is 5.50. The van der Waals surface area contributed by atoms with Gasteiger partial charge in [0.2, 0.25) is 0 Å². The van der Waals surface area contributed by atoms with E-state index >= 15 is 0 Å². The summed E-state index contributed by atoms with van der Waals surface area (Å²) in [6, 6.07) is 0.730. The smallest absolute Gasteiger partial charge is 0.113 e. The summed E-state index contributed by atoms with van der Waals surface area (Å²) in [5.41, 5.74) is 1.29. The van der Waals surface area contributed by atoms with E-state index in [0.717, 1.165) is 37.4 Å². The van der Waals surface area contributed by atoms with E-state index in [4.69, 9.17) is 9.72 Å². The van der Waals surface area contributed by atoms with Gasteiger partial charge >= 0.3 is 0 Å². The highest BCUT2D eigenvalue weighted by atomic mass is 32.1. The van der Waals surface area contributed by atoms with Crippen molar-refractivity contribution in [2.45, 2.75) is 63.1 Å². The summed E-state index contributed by atoms with van der Waals surface area (Å²) in [7, 11) is 1.83. The van der Waals surface area contributed by atoms with E-state index in [1.165, 1.54) is 17.8 Å². The van der Waals surface area contributed by atoms with E-state index in [1.54, 1.807) is 0 Å². The molecule has 4 heteroatoms. The number of methoxy groups -OCH3 is 1. The molecule has 1 aromatic heterocycles. The van der Waals surface area contributed by atoms with Gasteiger partial charge in [-0.2, -0.15) is 0 Å². The molecule has 0 bridgehead atoms. The van der Waals surface area contributed by atoms with Crippen LogP contribution in [0.1, 0.15) is 49.2 Å². The molecular formula is C14H22N2OS. The van der Waals surface area contributed by atoms with E-state index in [9.17, 15) is 0 Å². The van der Waals surface area contributed by atoms with Crippen molar-refractivity contribution in [2.24, 2.45) is 0 Å². The van der Waals surface area contributed by atoms with Crippen LogP contribution in [0.3, 0.4) is 0 Å². The Labute approximate surface area is 113 Å². The first-order valence-corrected chi connectivity index (χ1v) is 7.83. The molecule has 18 heavy (non-hydrogen) atoms. The number of nitrogens with one attached hydrogen (secondary N) is 1. The predicted octanol–water partition coefficient (Wildman–Crippen LogP) is 2.99. The molecule has 3 nitrogen and oxygen atoms in total. The summed E-state index contributed by atoms with van der Waals surface area (Å²) >= 11 is 1.82. The molecule has 2 fully saturated rings. The minimum atomic E-state index is 0.134. The molecule has 100 valence electrons. The quantitative estimate of drug-likeness (QED) is 0.909. The van der Waals surface area contributed by atoms with E-state index in [1.807, 2.05) is 18.4 Å². The fraction of sp³-hybridized carbons (Fsp3) is 0.786. The third kappa shape index (κ3) is 2.46. The number of rotatable bonds is 4. The van der Waals surface area contributed by atoms with Gasteiger partial charge in [-0.25, -0.2) is 4.98 Å². The van der Waals surface area contributed by atoms with Gasteiger partial charge in [-0.05, 0) is 45.4 Å². The van der Waals surface area contributed by atoms with Crippen molar-refractivity contribution in [3.8, 4) is 0 Å². The second kappa shape index (κ2) is 4.91. The summed E-state index contributed by atoms with van der Waals surface area (Å²) in [5, 5.41) is 7.34. The minimum absolute atomic E-state index is 0.134. The van der Waals surface area contributed by atoms with Crippen molar-refractivity contribution in [1.82, 2.24) is 10.3 Å². The van der Waals surface area contributed by atoms with Gasteiger partial charge < -0.3 is 10.1 Å². The molecular weight excluding hydrogens is 244 g/mol. The molecule has 2 aliphatic carbocycles. The zero-order valence-corrected chi connectivity index (χ0v) is 12.1. The highest BCUT2D eigenvalue weighted by Crippen LogP contribution is 2.41. The van der Waals surface area contributed by atoms with Gasteiger partial charge in [0.1, 0.15) is 5.01 Å². The van der Waals surface area contributed by atoms with Gasteiger partial charge in [0.15, 0.2) is 0 Å². The number of aromatic nitrogens is 1. The summed E-state index contributed by atoms with van der Waals surface area (Å²) in [6.07, 6.45) is 7.73. The Balaban J connectivity index is 1.80. The molecule has 1 N–H and O–H groups in total. The molecule has 0 unspecified atom stereocenters. The summed E-state index contributed by atoms with van der Waals surface area (Å²) in [5.74, 6) is 0. The first kappa shape index (κ1) is 12.6. The highest BCUT2D eigenvalue weighted by Gasteiger charge is 2.42. The van der Waals surface area contributed by atoms with Crippen LogP contribution in [0.25, 0.3) is 0 Å². The molecule has 0 atom stereocenters. The van der Waals surface area contributed by atoms with Crippen molar-refractivity contribution >= 4 is 11.3 Å². The predicted molar refractivity (Wildman–Crippen MR) is 74.0 cm³/mol. The van der Waals surface area contributed by atoms with Crippen molar-refractivity contribution in [3.05, 3.63) is 16.1 Å². The van der Waals surface area contributed by atoms with E-state index in [0.29, 0.717) is 6.10 Å². The second-order valence-corrected chi connectivity index (χ2v) is 6.59. The first-order valence-electron chi connectivity index (χ1n) is 6.95. The lowest BCUT2D eigenvalue weighted by atomic mass is 9.80. The molecule has 2 aliphatic rings. The fourth-order valence-electron chi connectivity index (χ4n) is 2.93. The maximum absolute atomic E-state index is 5.50. The topological polar surface area (TPSA) is 34.1 Å². The van der Waals surface area contributed by atoms with Gasteiger partial charge in [-0.3, -0.25) is 0 Å². The lowest BCUT2D eigenvalue weighted by Gasteiger charge is -2.39. The molecule has 0 spiro atoms. The minimum Gasteiger partial charge on any atom is -0.381 e. The molecule has 3 rings (SSSR count). The normalized spacial score (nSPS) is 32.7. The SMILES string of the molecule is COC1CCC(NC2CC2)(c2nc(C)cs2)CC1. The zero-order valence-electron chi connectivity index (χ0n) is 11.2. The number of hydrogen-bond acceptors (Lipinski definition) is 4. The lowest BCUT2D eigenvalue weighted by Crippen LogP contribution is -2.47.